The molecule has 62 valence electrons. The standard InChI is InChI=1S/C7H11NO3/c9-5-3-7(6(10)11)2-1-4(5)8-7/h4-5,8-9H,1-3H2,(H,10,11)/t4-,5?,7-/m1/s1. The maximum absolute atomic E-state index is 10.8. The van der Waals surface area contributed by atoms with E-state index >= 15 is 0 Å². The van der Waals surface area contributed by atoms with E-state index in [4.69, 9.17) is 5.11 Å². The van der Waals surface area contributed by atoms with E-state index in [-0.39, 0.29) is 6.04 Å². The second-order valence-electron chi connectivity index (χ2n) is 3.45. The third-order valence-electron chi connectivity index (χ3n) is 2.78. The average molecular weight is 157 g/mol. The van der Waals surface area contributed by atoms with Crippen molar-refractivity contribution in [2.75, 3.05) is 0 Å². The summed E-state index contributed by atoms with van der Waals surface area (Å²) in [4.78, 5) is 10.8. The van der Waals surface area contributed by atoms with E-state index in [0.717, 1.165) is 6.42 Å². The van der Waals surface area contributed by atoms with Gasteiger partial charge in [0.15, 0.2) is 0 Å². The number of nitrogens with one attached hydrogen (secondary N) is 1. The smallest absolute Gasteiger partial charge is 0.324 e. The SMILES string of the molecule is O=C(O)[C@]12CC[C@@H](N1)C(O)C2. The molecule has 2 saturated heterocycles. The topological polar surface area (TPSA) is 69.6 Å². The predicted octanol–water partition coefficient (Wildman–Crippen LogP) is -0.674. The van der Waals surface area contributed by atoms with Gasteiger partial charge < -0.3 is 10.2 Å². The molecular weight excluding hydrogens is 146 g/mol. The van der Waals surface area contributed by atoms with Gasteiger partial charge in [-0.15, -0.1) is 0 Å². The molecule has 3 N–H and O–H groups in total. The van der Waals surface area contributed by atoms with Crippen LogP contribution in [0.15, 0.2) is 0 Å². The first-order valence-corrected chi connectivity index (χ1v) is 3.83. The Kier molecular flexibility index (Phi) is 1.25. The number of rotatable bonds is 1. The number of hydrogen-bond acceptors (Lipinski definition) is 3. The molecule has 4 heteroatoms. The number of carboxylic acids is 1. The van der Waals surface area contributed by atoms with Crippen molar-refractivity contribution in [1.82, 2.24) is 5.32 Å². The van der Waals surface area contributed by atoms with Crippen molar-refractivity contribution in [3.8, 4) is 0 Å². The lowest BCUT2D eigenvalue weighted by Crippen LogP contribution is -2.44. The summed E-state index contributed by atoms with van der Waals surface area (Å²) in [5.74, 6) is -0.823. The van der Waals surface area contributed by atoms with Gasteiger partial charge >= 0.3 is 5.97 Å². The van der Waals surface area contributed by atoms with Gasteiger partial charge in [-0.25, -0.2) is 0 Å². The first kappa shape index (κ1) is 7.06. The van der Waals surface area contributed by atoms with E-state index in [2.05, 4.69) is 5.32 Å². The van der Waals surface area contributed by atoms with Crippen molar-refractivity contribution in [2.45, 2.75) is 36.9 Å². The molecule has 4 nitrogen and oxygen atoms in total. The van der Waals surface area contributed by atoms with E-state index in [9.17, 15) is 9.90 Å². The van der Waals surface area contributed by atoms with Gasteiger partial charge in [0.05, 0.1) is 6.10 Å². The Morgan fingerprint density at radius 1 is 1.64 bits per heavy atom. The number of carbonyl (C=O) groups is 1. The molecule has 3 atom stereocenters. The lowest BCUT2D eigenvalue weighted by molar-refractivity contribution is -0.144. The largest absolute Gasteiger partial charge is 0.480 e. The summed E-state index contributed by atoms with van der Waals surface area (Å²) in [6, 6.07) is 0.0195. The number of aliphatic carboxylic acids is 1. The van der Waals surface area contributed by atoms with Gasteiger partial charge in [-0.1, -0.05) is 0 Å². The van der Waals surface area contributed by atoms with Gasteiger partial charge in [0.2, 0.25) is 0 Å². The van der Waals surface area contributed by atoms with Crippen molar-refractivity contribution in [3.63, 3.8) is 0 Å². The van der Waals surface area contributed by atoms with Gasteiger partial charge in [-0.05, 0) is 12.8 Å². The summed E-state index contributed by atoms with van der Waals surface area (Å²) in [6.07, 6.45) is 1.35. The van der Waals surface area contributed by atoms with E-state index in [0.29, 0.717) is 12.8 Å². The fourth-order valence-electron chi connectivity index (χ4n) is 2.11. The minimum Gasteiger partial charge on any atom is -0.480 e. The maximum Gasteiger partial charge on any atom is 0.324 e. The van der Waals surface area contributed by atoms with Crippen LogP contribution in [-0.4, -0.2) is 33.9 Å². The number of fused-ring (bicyclic) bond motifs is 2. The molecule has 0 spiro atoms. The molecule has 2 aliphatic heterocycles. The molecular formula is C7H11NO3. The predicted molar refractivity (Wildman–Crippen MR) is 37.1 cm³/mol. The van der Waals surface area contributed by atoms with E-state index in [1.165, 1.54) is 0 Å². The van der Waals surface area contributed by atoms with Crippen molar-refractivity contribution >= 4 is 5.97 Å². The minimum atomic E-state index is -0.823. The van der Waals surface area contributed by atoms with Crippen LogP contribution in [0.5, 0.6) is 0 Å². The maximum atomic E-state index is 10.8. The molecule has 2 bridgehead atoms. The Balaban J connectivity index is 2.23. The van der Waals surface area contributed by atoms with Crippen LogP contribution >= 0.6 is 0 Å². The lowest BCUT2D eigenvalue weighted by Gasteiger charge is -2.21. The Morgan fingerprint density at radius 3 is 2.64 bits per heavy atom. The van der Waals surface area contributed by atoms with Gasteiger partial charge in [-0.2, -0.15) is 0 Å². The van der Waals surface area contributed by atoms with Crippen LogP contribution in [-0.2, 0) is 4.79 Å². The molecule has 0 aromatic rings. The highest BCUT2D eigenvalue weighted by Gasteiger charge is 2.54. The van der Waals surface area contributed by atoms with Crippen LogP contribution in [0.3, 0.4) is 0 Å². The quantitative estimate of drug-likeness (QED) is 0.472. The zero-order chi connectivity index (χ0) is 8.06. The number of carboxylic acid groups (broad SMARTS) is 1. The summed E-state index contributed by atoms with van der Waals surface area (Å²) < 4.78 is 0. The number of aliphatic hydroxyl groups excluding tert-OH is 1. The fourth-order valence-corrected chi connectivity index (χ4v) is 2.11. The molecule has 2 heterocycles. The lowest BCUT2D eigenvalue weighted by atomic mass is 9.86. The molecule has 0 aromatic heterocycles. The first-order chi connectivity index (χ1) is 5.14. The van der Waals surface area contributed by atoms with Crippen LogP contribution in [0, 0.1) is 0 Å². The van der Waals surface area contributed by atoms with Gasteiger partial charge in [0, 0.05) is 12.5 Å². The number of aliphatic hydroxyl groups is 1. The van der Waals surface area contributed by atoms with Crippen LogP contribution in [0.25, 0.3) is 0 Å². The molecule has 2 rings (SSSR count). The van der Waals surface area contributed by atoms with Crippen molar-refractivity contribution < 1.29 is 15.0 Å². The van der Waals surface area contributed by atoms with Crippen LogP contribution in [0.4, 0.5) is 0 Å². The van der Waals surface area contributed by atoms with Crippen LogP contribution in [0.2, 0.25) is 0 Å². The Labute approximate surface area is 64.2 Å². The molecule has 2 fully saturated rings. The number of hydrogen-bond donors (Lipinski definition) is 3. The summed E-state index contributed by atoms with van der Waals surface area (Å²) >= 11 is 0. The Morgan fingerprint density at radius 2 is 2.36 bits per heavy atom. The van der Waals surface area contributed by atoms with Crippen LogP contribution in [0.1, 0.15) is 19.3 Å². The summed E-state index contributed by atoms with van der Waals surface area (Å²) in [6.45, 7) is 0. The van der Waals surface area contributed by atoms with E-state index < -0.39 is 17.6 Å². The third-order valence-corrected chi connectivity index (χ3v) is 2.78. The second-order valence-corrected chi connectivity index (χ2v) is 3.45. The van der Waals surface area contributed by atoms with Gasteiger partial charge in [-0.3, -0.25) is 10.1 Å². The minimum absolute atomic E-state index is 0.0195. The van der Waals surface area contributed by atoms with Crippen molar-refractivity contribution in [1.29, 1.82) is 0 Å². The molecule has 0 amide bonds. The summed E-state index contributed by atoms with van der Waals surface area (Å²) in [7, 11) is 0. The average Bonchev–Trinajstić information content (AvgIpc) is 2.44. The monoisotopic (exact) mass is 157 g/mol. The highest BCUT2D eigenvalue weighted by Crippen LogP contribution is 2.37. The summed E-state index contributed by atoms with van der Waals surface area (Å²) in [5.41, 5.74) is -0.802. The van der Waals surface area contributed by atoms with E-state index in [1.807, 2.05) is 0 Å². The molecule has 0 radical (unpaired) electrons. The first-order valence-electron chi connectivity index (χ1n) is 3.83. The second kappa shape index (κ2) is 1.95. The molecule has 11 heavy (non-hydrogen) atoms. The van der Waals surface area contributed by atoms with Gasteiger partial charge in [0.1, 0.15) is 5.54 Å². The van der Waals surface area contributed by atoms with Crippen molar-refractivity contribution in [2.24, 2.45) is 0 Å². The highest BCUT2D eigenvalue weighted by atomic mass is 16.4. The van der Waals surface area contributed by atoms with Gasteiger partial charge in [0.25, 0.3) is 0 Å². The fraction of sp³-hybridized carbons (Fsp3) is 0.857. The molecule has 0 aliphatic carbocycles. The molecule has 2 aliphatic rings. The zero-order valence-corrected chi connectivity index (χ0v) is 6.08. The third kappa shape index (κ3) is 0.795. The zero-order valence-electron chi connectivity index (χ0n) is 6.08. The summed E-state index contributed by atoms with van der Waals surface area (Å²) in [5, 5.41) is 21.1. The Hall–Kier alpha value is -0.610. The molecule has 0 saturated carbocycles. The Bertz CT molecular complexity index is 202. The van der Waals surface area contributed by atoms with E-state index in [1.54, 1.807) is 0 Å². The molecule has 0 aromatic carbocycles. The van der Waals surface area contributed by atoms with Crippen molar-refractivity contribution in [3.05, 3.63) is 0 Å². The molecule has 1 unspecified atom stereocenters. The normalized spacial score (nSPS) is 48.1. The highest BCUT2D eigenvalue weighted by molar-refractivity contribution is 5.80. The van der Waals surface area contributed by atoms with Crippen LogP contribution < -0.4 is 5.32 Å².